The number of carbonyl (C=O) groups excluding carboxylic acids is 2. The van der Waals surface area contributed by atoms with Crippen LogP contribution in [0.5, 0.6) is 0 Å². The van der Waals surface area contributed by atoms with E-state index in [0.29, 0.717) is 30.9 Å². The van der Waals surface area contributed by atoms with Crippen molar-refractivity contribution >= 4 is 11.8 Å². The second-order valence-corrected chi connectivity index (χ2v) is 6.76. The number of unbranched alkanes of at least 4 members (excludes halogenated alkanes) is 1. The molecule has 5 nitrogen and oxygen atoms in total. The molecule has 0 N–H and O–H groups in total. The third-order valence-electron chi connectivity index (χ3n) is 4.84. The van der Waals surface area contributed by atoms with Gasteiger partial charge in [-0.15, -0.1) is 0 Å². The van der Waals surface area contributed by atoms with Gasteiger partial charge in [0.1, 0.15) is 5.69 Å². The Kier molecular flexibility index (Phi) is 5.66. The highest BCUT2D eigenvalue weighted by atomic mass is 16.2. The molecule has 1 aliphatic rings. The quantitative estimate of drug-likeness (QED) is 0.831. The van der Waals surface area contributed by atoms with Crippen LogP contribution >= 0.6 is 0 Å². The summed E-state index contributed by atoms with van der Waals surface area (Å²) < 4.78 is 0. The number of amides is 2. The number of pyridine rings is 1. The summed E-state index contributed by atoms with van der Waals surface area (Å²) in [4.78, 5) is 33.1. The predicted octanol–water partition coefficient (Wildman–Crippen LogP) is 3.15. The highest BCUT2D eigenvalue weighted by Crippen LogP contribution is 2.20. The lowest BCUT2D eigenvalue weighted by atomic mass is 9.99. The molecule has 0 aliphatic carbocycles. The van der Waals surface area contributed by atoms with Gasteiger partial charge < -0.3 is 9.80 Å². The molecule has 0 spiro atoms. The first-order valence-corrected chi connectivity index (χ1v) is 9.17. The third kappa shape index (κ3) is 3.93. The van der Waals surface area contributed by atoms with E-state index in [1.165, 1.54) is 11.1 Å². The molecule has 0 saturated heterocycles. The lowest BCUT2D eigenvalue weighted by Gasteiger charge is -2.28. The number of rotatable bonds is 5. The number of benzene rings is 1. The van der Waals surface area contributed by atoms with Crippen LogP contribution in [-0.4, -0.2) is 46.7 Å². The summed E-state index contributed by atoms with van der Waals surface area (Å²) in [5, 5.41) is 0. The smallest absolute Gasteiger partial charge is 0.272 e. The fourth-order valence-corrected chi connectivity index (χ4v) is 3.23. The van der Waals surface area contributed by atoms with Crippen LogP contribution < -0.4 is 0 Å². The molecule has 26 heavy (non-hydrogen) atoms. The molecular weight excluding hydrogens is 326 g/mol. The van der Waals surface area contributed by atoms with Gasteiger partial charge in [-0.1, -0.05) is 37.6 Å². The van der Waals surface area contributed by atoms with E-state index in [1.54, 1.807) is 35.2 Å². The second-order valence-electron chi connectivity index (χ2n) is 6.76. The Balaban J connectivity index is 1.74. The van der Waals surface area contributed by atoms with Crippen molar-refractivity contribution in [2.24, 2.45) is 0 Å². The molecule has 0 saturated carbocycles. The fourth-order valence-electron chi connectivity index (χ4n) is 3.23. The van der Waals surface area contributed by atoms with Gasteiger partial charge in [0.2, 0.25) is 0 Å². The number of carbonyl (C=O) groups is 2. The zero-order valence-electron chi connectivity index (χ0n) is 15.4. The summed E-state index contributed by atoms with van der Waals surface area (Å²) in [6, 6.07) is 11.5. The summed E-state index contributed by atoms with van der Waals surface area (Å²) in [7, 11) is 1.79. The van der Waals surface area contributed by atoms with Gasteiger partial charge in [-0.3, -0.25) is 14.6 Å². The molecule has 0 radical (unpaired) electrons. The van der Waals surface area contributed by atoms with E-state index in [9.17, 15) is 9.59 Å². The van der Waals surface area contributed by atoms with Crippen LogP contribution in [0.1, 0.15) is 51.7 Å². The van der Waals surface area contributed by atoms with E-state index in [1.807, 2.05) is 12.1 Å². The van der Waals surface area contributed by atoms with E-state index in [4.69, 9.17) is 0 Å². The van der Waals surface area contributed by atoms with Gasteiger partial charge in [0.05, 0.1) is 0 Å². The molecule has 0 unspecified atom stereocenters. The van der Waals surface area contributed by atoms with Gasteiger partial charge in [0, 0.05) is 38.4 Å². The van der Waals surface area contributed by atoms with Gasteiger partial charge in [-0.25, -0.2) is 0 Å². The lowest BCUT2D eigenvalue weighted by Crippen LogP contribution is -2.36. The van der Waals surface area contributed by atoms with Crippen LogP contribution in [0.3, 0.4) is 0 Å². The van der Waals surface area contributed by atoms with Gasteiger partial charge in [-0.05, 0) is 36.1 Å². The maximum atomic E-state index is 12.9. The van der Waals surface area contributed by atoms with E-state index in [2.05, 4.69) is 24.0 Å². The van der Waals surface area contributed by atoms with Gasteiger partial charge >= 0.3 is 0 Å². The molecule has 5 heteroatoms. The van der Waals surface area contributed by atoms with Crippen LogP contribution in [-0.2, 0) is 13.0 Å². The first-order valence-electron chi connectivity index (χ1n) is 9.17. The third-order valence-corrected chi connectivity index (χ3v) is 4.84. The number of hydrogen-bond donors (Lipinski definition) is 0. The zero-order chi connectivity index (χ0) is 18.5. The summed E-state index contributed by atoms with van der Waals surface area (Å²) in [5.41, 5.74) is 3.32. The minimum atomic E-state index is -0.120. The number of nitrogens with zero attached hydrogens (tertiary/aromatic N) is 3. The largest absolute Gasteiger partial charge is 0.342 e. The molecule has 1 aromatic carbocycles. The number of hydrogen-bond acceptors (Lipinski definition) is 3. The summed E-state index contributed by atoms with van der Waals surface area (Å²) in [6.07, 6.45) is 4.40. The van der Waals surface area contributed by atoms with Crippen molar-refractivity contribution in [3.05, 3.63) is 65.0 Å². The minimum Gasteiger partial charge on any atom is -0.342 e. The Morgan fingerprint density at radius 2 is 1.96 bits per heavy atom. The molecule has 0 fully saturated rings. The molecule has 2 heterocycles. The van der Waals surface area contributed by atoms with E-state index >= 15 is 0 Å². The Bertz CT molecular complexity index is 803. The monoisotopic (exact) mass is 351 g/mol. The van der Waals surface area contributed by atoms with Crippen LogP contribution in [0.15, 0.2) is 42.6 Å². The van der Waals surface area contributed by atoms with Crippen LogP contribution in [0.4, 0.5) is 0 Å². The highest BCUT2D eigenvalue weighted by molar-refractivity contribution is 5.98. The molecule has 2 aromatic rings. The normalized spacial score (nSPS) is 13.2. The molecule has 0 atom stereocenters. The fraction of sp³-hybridized carbons (Fsp3) is 0.381. The van der Waals surface area contributed by atoms with Crippen molar-refractivity contribution < 1.29 is 9.59 Å². The molecule has 3 rings (SSSR count). The second kappa shape index (κ2) is 8.13. The van der Waals surface area contributed by atoms with Crippen LogP contribution in [0, 0.1) is 0 Å². The molecule has 0 bridgehead atoms. The van der Waals surface area contributed by atoms with E-state index in [0.717, 1.165) is 19.3 Å². The first-order chi connectivity index (χ1) is 12.6. The van der Waals surface area contributed by atoms with Gasteiger partial charge in [0.25, 0.3) is 11.8 Å². The topological polar surface area (TPSA) is 53.5 Å². The van der Waals surface area contributed by atoms with Crippen molar-refractivity contribution in [3.8, 4) is 0 Å². The molecular formula is C21H25N3O2. The van der Waals surface area contributed by atoms with Crippen LogP contribution in [0.2, 0.25) is 0 Å². The van der Waals surface area contributed by atoms with E-state index in [-0.39, 0.29) is 11.8 Å². The molecule has 1 aromatic heterocycles. The number of fused-ring (bicyclic) bond motifs is 1. The standard InChI is InChI=1S/C21H25N3O2/c1-3-4-12-23(2)20(25)17-9-11-22-19(14-17)21(26)24-13-10-16-7-5-6-8-18(16)15-24/h5-9,11,14H,3-4,10,12-13,15H2,1-2H3. The van der Waals surface area contributed by atoms with Crippen molar-refractivity contribution in [3.63, 3.8) is 0 Å². The lowest BCUT2D eigenvalue weighted by molar-refractivity contribution is 0.0728. The SMILES string of the molecule is CCCCN(C)C(=O)c1ccnc(C(=O)N2CCc3ccccc3C2)c1. The Hall–Kier alpha value is -2.69. The van der Waals surface area contributed by atoms with Gasteiger partial charge in [-0.2, -0.15) is 0 Å². The Morgan fingerprint density at radius 3 is 2.73 bits per heavy atom. The predicted molar refractivity (Wildman–Crippen MR) is 101 cm³/mol. The first kappa shape index (κ1) is 18.1. The summed E-state index contributed by atoms with van der Waals surface area (Å²) in [5.74, 6) is -0.191. The maximum absolute atomic E-state index is 12.9. The van der Waals surface area contributed by atoms with Crippen molar-refractivity contribution in [1.82, 2.24) is 14.8 Å². The van der Waals surface area contributed by atoms with Crippen molar-refractivity contribution in [1.29, 1.82) is 0 Å². The highest BCUT2D eigenvalue weighted by Gasteiger charge is 2.23. The molecule has 136 valence electrons. The Morgan fingerprint density at radius 1 is 1.19 bits per heavy atom. The number of aromatic nitrogens is 1. The average molecular weight is 351 g/mol. The van der Waals surface area contributed by atoms with E-state index < -0.39 is 0 Å². The molecule has 2 amide bonds. The minimum absolute atomic E-state index is 0.0705. The van der Waals surface area contributed by atoms with Crippen molar-refractivity contribution in [2.45, 2.75) is 32.7 Å². The zero-order valence-corrected chi connectivity index (χ0v) is 15.4. The molecule has 1 aliphatic heterocycles. The Labute approximate surface area is 154 Å². The van der Waals surface area contributed by atoms with Crippen molar-refractivity contribution in [2.75, 3.05) is 20.1 Å². The van der Waals surface area contributed by atoms with Crippen LogP contribution in [0.25, 0.3) is 0 Å². The van der Waals surface area contributed by atoms with Gasteiger partial charge in [0.15, 0.2) is 0 Å². The summed E-state index contributed by atoms with van der Waals surface area (Å²) in [6.45, 7) is 4.07. The maximum Gasteiger partial charge on any atom is 0.272 e. The average Bonchev–Trinajstić information content (AvgIpc) is 2.70. The summed E-state index contributed by atoms with van der Waals surface area (Å²) >= 11 is 0.